The lowest BCUT2D eigenvalue weighted by atomic mass is 9.50. The molecule has 0 aromatic heterocycles. The summed E-state index contributed by atoms with van der Waals surface area (Å²) in [6.45, 7) is 5.00. The van der Waals surface area contributed by atoms with Gasteiger partial charge in [-0.3, -0.25) is 4.79 Å². The first-order valence-corrected chi connectivity index (χ1v) is 11.1. The molecule has 4 rings (SSSR count). The second-order valence-corrected chi connectivity index (χ2v) is 9.25. The zero-order valence-corrected chi connectivity index (χ0v) is 17.7. The standard InChI is InChI=1S/C22H32BNO5/c1-4-16(2)13-17(3)23-24(22(26)29-23,14-21(25)28-23)19-11-8-12-20(19)27-15-18-9-6-5-7-10-18/h5-7,9-10,16-17,19-20H,4,8,11-15H2,1-3H3/t16-,17+,19+,20+,23?,24?/m1/s1. The number of nitrogens with zero attached hydrogens (tertiary/aromatic N) is 1. The Labute approximate surface area is 173 Å². The van der Waals surface area contributed by atoms with Gasteiger partial charge >= 0.3 is 18.7 Å². The van der Waals surface area contributed by atoms with Crippen molar-refractivity contribution in [2.24, 2.45) is 5.92 Å². The molecule has 2 aliphatic heterocycles. The molecule has 1 amide bonds. The van der Waals surface area contributed by atoms with Gasteiger partial charge in [0.05, 0.1) is 12.6 Å². The van der Waals surface area contributed by atoms with Gasteiger partial charge in [-0.05, 0) is 36.6 Å². The molecule has 2 saturated heterocycles. The Morgan fingerprint density at radius 2 is 1.93 bits per heavy atom. The number of carbonyl (C=O) groups excluding carboxylic acids is 2. The van der Waals surface area contributed by atoms with E-state index in [1.807, 2.05) is 30.3 Å². The molecule has 1 aromatic carbocycles. The monoisotopic (exact) mass is 401 g/mol. The molecule has 1 aliphatic carbocycles. The molecule has 3 fully saturated rings. The molecule has 7 heteroatoms. The number of rotatable bonds is 8. The van der Waals surface area contributed by atoms with Gasteiger partial charge in [-0.25, -0.2) is 0 Å². The van der Waals surface area contributed by atoms with E-state index in [0.717, 1.165) is 37.7 Å². The van der Waals surface area contributed by atoms with Gasteiger partial charge in [-0.15, -0.1) is 0 Å². The minimum atomic E-state index is -2.01. The Bertz CT molecular complexity index is 774. The highest BCUT2D eigenvalue weighted by Gasteiger charge is 2.79. The van der Waals surface area contributed by atoms with E-state index < -0.39 is 6.69 Å². The van der Waals surface area contributed by atoms with Crippen LogP contribution in [0.5, 0.6) is 0 Å². The minimum absolute atomic E-state index is 0.00414. The van der Waals surface area contributed by atoms with Crippen LogP contribution in [0.15, 0.2) is 30.3 Å². The molecule has 0 radical (unpaired) electrons. The van der Waals surface area contributed by atoms with Crippen molar-refractivity contribution in [1.82, 2.24) is 0 Å². The second-order valence-electron chi connectivity index (χ2n) is 9.25. The topological polar surface area (TPSA) is 61.8 Å². The van der Waals surface area contributed by atoms with Gasteiger partial charge in [0, 0.05) is 0 Å². The summed E-state index contributed by atoms with van der Waals surface area (Å²) < 4.78 is 17.9. The average Bonchev–Trinajstić information content (AvgIpc) is 3.27. The molecule has 0 spiro atoms. The summed E-state index contributed by atoms with van der Waals surface area (Å²) in [5.41, 5.74) is 1.11. The van der Waals surface area contributed by atoms with Crippen molar-refractivity contribution in [3.05, 3.63) is 35.9 Å². The lowest BCUT2D eigenvalue weighted by Gasteiger charge is -2.62. The van der Waals surface area contributed by atoms with E-state index in [-0.39, 0.29) is 41.0 Å². The third-order valence-electron chi connectivity index (χ3n) is 7.45. The number of carbonyl (C=O) groups is 2. The van der Waals surface area contributed by atoms with E-state index in [1.54, 1.807) is 0 Å². The van der Waals surface area contributed by atoms with E-state index in [0.29, 0.717) is 12.5 Å². The van der Waals surface area contributed by atoms with Crippen LogP contribution in [0.2, 0.25) is 5.82 Å². The molecule has 2 unspecified atom stereocenters. The first-order valence-electron chi connectivity index (χ1n) is 11.1. The number of hydrogen-bond donors (Lipinski definition) is 0. The summed E-state index contributed by atoms with van der Waals surface area (Å²) in [6.07, 6.45) is 4.26. The van der Waals surface area contributed by atoms with E-state index in [9.17, 15) is 9.59 Å². The lowest BCUT2D eigenvalue weighted by Crippen LogP contribution is -2.85. The van der Waals surface area contributed by atoms with Crippen LogP contribution in [0.3, 0.4) is 0 Å². The molecule has 158 valence electrons. The Hall–Kier alpha value is -1.86. The molecule has 0 N–H and O–H groups in total. The maximum Gasteiger partial charge on any atom is 0.600 e. The summed E-state index contributed by atoms with van der Waals surface area (Å²) in [6, 6.07) is 9.98. The van der Waals surface area contributed by atoms with E-state index >= 15 is 0 Å². The predicted octanol–water partition coefficient (Wildman–Crippen LogP) is 4.41. The van der Waals surface area contributed by atoms with Crippen LogP contribution >= 0.6 is 0 Å². The van der Waals surface area contributed by atoms with Crippen LogP contribution in [0.4, 0.5) is 4.79 Å². The number of quaternary nitrogens is 1. The van der Waals surface area contributed by atoms with Gasteiger partial charge in [0.2, 0.25) is 0 Å². The third kappa shape index (κ3) is 3.19. The van der Waals surface area contributed by atoms with Crippen LogP contribution in [-0.2, 0) is 25.4 Å². The Kier molecular flexibility index (Phi) is 5.47. The predicted molar refractivity (Wildman–Crippen MR) is 110 cm³/mol. The number of hydrogen-bond acceptors (Lipinski definition) is 5. The third-order valence-corrected chi connectivity index (χ3v) is 7.45. The minimum Gasteiger partial charge on any atom is -0.599 e. The molecule has 1 aromatic rings. The highest BCUT2D eigenvalue weighted by atomic mass is 16.7. The van der Waals surface area contributed by atoms with E-state index in [2.05, 4.69) is 20.8 Å². The summed E-state index contributed by atoms with van der Waals surface area (Å²) in [4.78, 5) is 25.4. The number of fused-ring (bicyclic) bond motifs is 1. The van der Waals surface area contributed by atoms with Crippen molar-refractivity contribution in [3.8, 4) is 0 Å². The quantitative estimate of drug-likeness (QED) is 0.604. The SMILES string of the molecule is CC[C@@H](C)C[C@H](C)[B-]12OC(=O)C[N+]1([C@H]1CCC[C@@H]1OCc1ccccc1)C(=O)O2. The Morgan fingerprint density at radius 3 is 2.62 bits per heavy atom. The van der Waals surface area contributed by atoms with Crippen molar-refractivity contribution in [1.29, 1.82) is 0 Å². The maximum atomic E-state index is 12.9. The van der Waals surface area contributed by atoms with Gasteiger partial charge in [0.15, 0.2) is 0 Å². The first kappa shape index (κ1) is 20.4. The fourth-order valence-electron chi connectivity index (χ4n) is 5.77. The van der Waals surface area contributed by atoms with E-state index in [1.165, 1.54) is 0 Å². The average molecular weight is 401 g/mol. The van der Waals surface area contributed by atoms with Crippen molar-refractivity contribution < 1.29 is 28.0 Å². The van der Waals surface area contributed by atoms with Crippen LogP contribution in [0, 0.1) is 5.92 Å². The molecule has 0 bridgehead atoms. The summed E-state index contributed by atoms with van der Waals surface area (Å²) in [5, 5.41) is 0. The molecule has 3 aliphatic rings. The lowest BCUT2D eigenvalue weighted by molar-refractivity contribution is -0.819. The number of ether oxygens (including phenoxy) is 1. The van der Waals surface area contributed by atoms with Crippen molar-refractivity contribution in [3.63, 3.8) is 0 Å². The maximum absolute atomic E-state index is 12.9. The second kappa shape index (κ2) is 7.76. The molecule has 1 saturated carbocycles. The zero-order chi connectivity index (χ0) is 20.6. The van der Waals surface area contributed by atoms with Gasteiger partial charge in [-0.2, -0.15) is 4.79 Å². The van der Waals surface area contributed by atoms with Crippen molar-refractivity contribution >= 4 is 18.7 Å². The summed E-state index contributed by atoms with van der Waals surface area (Å²) >= 11 is 0. The molecular formula is C22H32BNO5. The van der Waals surface area contributed by atoms with Gasteiger partial charge in [0.1, 0.15) is 12.6 Å². The molecule has 6 atom stereocenters. The summed E-state index contributed by atoms with van der Waals surface area (Å²) in [7, 11) is 0. The van der Waals surface area contributed by atoms with E-state index in [4.69, 9.17) is 14.0 Å². The first-order chi connectivity index (χ1) is 13.9. The highest BCUT2D eigenvalue weighted by molar-refractivity contribution is 6.71. The number of benzene rings is 1. The van der Waals surface area contributed by atoms with Crippen molar-refractivity contribution in [2.75, 3.05) is 6.54 Å². The van der Waals surface area contributed by atoms with Crippen LogP contribution in [0.1, 0.15) is 58.4 Å². The van der Waals surface area contributed by atoms with Crippen LogP contribution < -0.4 is 0 Å². The van der Waals surface area contributed by atoms with Crippen molar-refractivity contribution in [2.45, 2.75) is 77.4 Å². The highest BCUT2D eigenvalue weighted by Crippen LogP contribution is 2.54. The number of amides is 1. The Morgan fingerprint density at radius 1 is 1.17 bits per heavy atom. The van der Waals surface area contributed by atoms with Crippen LogP contribution in [0.25, 0.3) is 0 Å². The Balaban J connectivity index is 1.58. The smallest absolute Gasteiger partial charge is 0.599 e. The van der Waals surface area contributed by atoms with Gasteiger partial charge in [0.25, 0.3) is 0 Å². The van der Waals surface area contributed by atoms with Gasteiger partial charge in [-0.1, -0.05) is 63.9 Å². The summed E-state index contributed by atoms with van der Waals surface area (Å²) in [5.74, 6) is 0.167. The van der Waals surface area contributed by atoms with Crippen LogP contribution in [-0.4, -0.2) is 41.8 Å². The molecular weight excluding hydrogens is 369 g/mol. The van der Waals surface area contributed by atoms with Gasteiger partial charge < -0.3 is 18.4 Å². The largest absolute Gasteiger partial charge is 0.600 e. The normalized spacial score (nSPS) is 35.4. The zero-order valence-electron chi connectivity index (χ0n) is 17.7. The fraction of sp³-hybridized carbons (Fsp3) is 0.636. The molecule has 29 heavy (non-hydrogen) atoms. The molecule has 2 heterocycles. The molecule has 6 nitrogen and oxygen atoms in total. The fourth-order valence-corrected chi connectivity index (χ4v) is 5.77.